The van der Waals surface area contributed by atoms with E-state index in [4.69, 9.17) is 14.2 Å². The molecule has 0 aromatic heterocycles. The molecule has 0 radical (unpaired) electrons. The molecule has 0 aliphatic carbocycles. The van der Waals surface area contributed by atoms with E-state index in [2.05, 4.69) is 45.1 Å². The number of unbranched alkanes of at least 4 members (excludes halogenated alkanes) is 38. The third-order valence-electron chi connectivity index (χ3n) is 13.0. The summed E-state index contributed by atoms with van der Waals surface area (Å²) in [6.07, 6.45) is 63.6. The smallest absolute Gasteiger partial charge is 0.306 e. The van der Waals surface area contributed by atoms with Crippen LogP contribution in [0, 0.1) is 0 Å². The van der Waals surface area contributed by atoms with Gasteiger partial charge in [-0.05, 0) is 51.4 Å². The van der Waals surface area contributed by atoms with Gasteiger partial charge in [0.25, 0.3) is 0 Å². The molecule has 382 valence electrons. The molecule has 1 atom stereocenters. The Kier molecular flexibility index (Phi) is 52.7. The first-order valence-electron chi connectivity index (χ1n) is 28.8. The molecule has 0 rings (SSSR count). The fourth-order valence-electron chi connectivity index (χ4n) is 8.59. The molecule has 0 saturated carbocycles. The van der Waals surface area contributed by atoms with Crippen LogP contribution in [0.25, 0.3) is 0 Å². The summed E-state index contributed by atoms with van der Waals surface area (Å²) >= 11 is 0. The minimum atomic E-state index is -0.768. The van der Waals surface area contributed by atoms with Crippen molar-refractivity contribution in [1.29, 1.82) is 0 Å². The van der Waals surface area contributed by atoms with Crippen molar-refractivity contribution in [2.24, 2.45) is 0 Å². The van der Waals surface area contributed by atoms with E-state index in [0.717, 1.165) is 77.0 Å². The molecular formula is C59H110O6. The number of hydrogen-bond acceptors (Lipinski definition) is 6. The van der Waals surface area contributed by atoms with Gasteiger partial charge in [-0.15, -0.1) is 0 Å². The molecule has 0 heterocycles. The molecule has 65 heavy (non-hydrogen) atoms. The van der Waals surface area contributed by atoms with Gasteiger partial charge in [-0.1, -0.05) is 270 Å². The van der Waals surface area contributed by atoms with Crippen LogP contribution >= 0.6 is 0 Å². The lowest BCUT2D eigenvalue weighted by molar-refractivity contribution is -0.167. The molecule has 0 aromatic carbocycles. The maximum atomic E-state index is 12.8. The van der Waals surface area contributed by atoms with Crippen molar-refractivity contribution in [3.8, 4) is 0 Å². The Labute approximate surface area is 404 Å². The molecular weight excluding hydrogens is 805 g/mol. The molecule has 0 bridgehead atoms. The summed E-state index contributed by atoms with van der Waals surface area (Å²) in [5.41, 5.74) is 0. The highest BCUT2D eigenvalue weighted by Gasteiger charge is 2.19. The quantitative estimate of drug-likeness (QED) is 0.0262. The van der Waals surface area contributed by atoms with Crippen molar-refractivity contribution < 1.29 is 28.6 Å². The fraction of sp³-hybridized carbons (Fsp3) is 0.881. The summed E-state index contributed by atoms with van der Waals surface area (Å²) < 4.78 is 16.7. The van der Waals surface area contributed by atoms with Crippen molar-refractivity contribution in [3.63, 3.8) is 0 Å². The first-order valence-corrected chi connectivity index (χ1v) is 28.8. The van der Waals surface area contributed by atoms with E-state index >= 15 is 0 Å². The molecule has 0 amide bonds. The lowest BCUT2D eigenvalue weighted by Crippen LogP contribution is -2.30. The van der Waals surface area contributed by atoms with Crippen LogP contribution in [0.3, 0.4) is 0 Å². The van der Waals surface area contributed by atoms with Crippen molar-refractivity contribution in [2.45, 2.75) is 322 Å². The Bertz CT molecular complexity index is 1050. The Morgan fingerprint density at radius 3 is 0.862 bits per heavy atom. The molecule has 0 aliphatic heterocycles. The van der Waals surface area contributed by atoms with Crippen LogP contribution in [0.2, 0.25) is 0 Å². The number of hydrogen-bond donors (Lipinski definition) is 0. The van der Waals surface area contributed by atoms with Gasteiger partial charge in [0, 0.05) is 19.3 Å². The summed E-state index contributed by atoms with van der Waals surface area (Å²) in [6.45, 7) is 6.58. The van der Waals surface area contributed by atoms with Crippen LogP contribution < -0.4 is 0 Å². The van der Waals surface area contributed by atoms with Crippen LogP contribution in [-0.2, 0) is 28.6 Å². The Hall–Kier alpha value is -2.11. The lowest BCUT2D eigenvalue weighted by atomic mass is 10.0. The van der Waals surface area contributed by atoms with Gasteiger partial charge in [0.15, 0.2) is 6.10 Å². The van der Waals surface area contributed by atoms with Gasteiger partial charge in [0.05, 0.1) is 0 Å². The van der Waals surface area contributed by atoms with E-state index in [1.807, 2.05) is 0 Å². The number of ether oxygens (including phenoxy) is 3. The molecule has 0 aromatic rings. The third kappa shape index (κ3) is 52.7. The monoisotopic (exact) mass is 915 g/mol. The van der Waals surface area contributed by atoms with E-state index in [-0.39, 0.29) is 31.1 Å². The van der Waals surface area contributed by atoms with E-state index in [1.165, 1.54) is 199 Å². The van der Waals surface area contributed by atoms with Gasteiger partial charge in [-0.3, -0.25) is 14.4 Å². The second-order valence-corrected chi connectivity index (χ2v) is 19.6. The fourth-order valence-corrected chi connectivity index (χ4v) is 8.59. The normalized spacial score (nSPS) is 12.1. The van der Waals surface area contributed by atoms with Crippen molar-refractivity contribution in [2.75, 3.05) is 13.2 Å². The highest BCUT2D eigenvalue weighted by molar-refractivity contribution is 5.71. The second kappa shape index (κ2) is 54.5. The zero-order valence-corrected chi connectivity index (χ0v) is 43.8. The summed E-state index contributed by atoms with van der Waals surface area (Å²) in [5.74, 6) is -0.876. The van der Waals surface area contributed by atoms with Gasteiger partial charge in [-0.2, -0.15) is 0 Å². The molecule has 0 aliphatic rings. The molecule has 1 unspecified atom stereocenters. The summed E-state index contributed by atoms with van der Waals surface area (Å²) in [4.78, 5) is 37.8. The van der Waals surface area contributed by atoms with Crippen molar-refractivity contribution in [1.82, 2.24) is 0 Å². The zero-order valence-electron chi connectivity index (χ0n) is 43.8. The van der Waals surface area contributed by atoms with Gasteiger partial charge in [-0.25, -0.2) is 0 Å². The SMILES string of the molecule is CCCCCC/C=C\C/C=C\CCCCCCCCCC(=O)OC(COC(=O)CCCCCCC)COC(=O)CCCCCCCCCCCCCCCCCCCCCCCCCC. The molecule has 0 N–H and O–H groups in total. The summed E-state index contributed by atoms with van der Waals surface area (Å²) in [5, 5.41) is 0. The van der Waals surface area contributed by atoms with Gasteiger partial charge < -0.3 is 14.2 Å². The highest BCUT2D eigenvalue weighted by atomic mass is 16.6. The number of esters is 3. The predicted octanol–water partition coefficient (Wildman–Crippen LogP) is 19.1. The average Bonchev–Trinajstić information content (AvgIpc) is 3.30. The van der Waals surface area contributed by atoms with E-state index < -0.39 is 6.10 Å². The van der Waals surface area contributed by atoms with E-state index in [9.17, 15) is 14.4 Å². The number of carbonyl (C=O) groups is 3. The Morgan fingerprint density at radius 2 is 0.554 bits per heavy atom. The molecule has 6 heteroatoms. The highest BCUT2D eigenvalue weighted by Crippen LogP contribution is 2.17. The van der Waals surface area contributed by atoms with Gasteiger partial charge >= 0.3 is 17.9 Å². The standard InChI is InChI=1S/C59H110O6/c1-4-7-10-13-15-17-19-21-23-25-27-28-29-30-31-32-34-35-37-39-41-43-46-49-52-58(61)64-55-56(54-63-57(60)51-48-45-12-9-6-3)65-59(62)53-50-47-44-42-40-38-36-33-26-24-22-20-18-16-14-11-8-5-2/h18,20,24,26,56H,4-17,19,21-23,25,27-55H2,1-3H3/b20-18-,26-24-. The largest absolute Gasteiger partial charge is 0.462 e. The number of allylic oxidation sites excluding steroid dienone is 4. The van der Waals surface area contributed by atoms with Crippen LogP contribution in [0.1, 0.15) is 316 Å². The van der Waals surface area contributed by atoms with E-state index in [1.54, 1.807) is 0 Å². The maximum Gasteiger partial charge on any atom is 0.306 e. The van der Waals surface area contributed by atoms with Crippen molar-refractivity contribution in [3.05, 3.63) is 24.3 Å². The van der Waals surface area contributed by atoms with Crippen LogP contribution in [-0.4, -0.2) is 37.2 Å². The molecule has 0 spiro atoms. The van der Waals surface area contributed by atoms with Gasteiger partial charge in [0.2, 0.25) is 0 Å². The van der Waals surface area contributed by atoms with Crippen molar-refractivity contribution >= 4 is 17.9 Å². The first kappa shape index (κ1) is 62.9. The van der Waals surface area contributed by atoms with Crippen LogP contribution in [0.5, 0.6) is 0 Å². The average molecular weight is 916 g/mol. The number of carbonyl (C=O) groups excluding carboxylic acids is 3. The first-order chi connectivity index (χ1) is 32.0. The van der Waals surface area contributed by atoms with Crippen LogP contribution in [0.4, 0.5) is 0 Å². The minimum Gasteiger partial charge on any atom is -0.462 e. The Morgan fingerprint density at radius 1 is 0.308 bits per heavy atom. The molecule has 6 nitrogen and oxygen atoms in total. The lowest BCUT2D eigenvalue weighted by Gasteiger charge is -2.18. The predicted molar refractivity (Wildman–Crippen MR) is 279 cm³/mol. The van der Waals surface area contributed by atoms with Crippen LogP contribution in [0.15, 0.2) is 24.3 Å². The second-order valence-electron chi connectivity index (χ2n) is 19.6. The minimum absolute atomic E-state index is 0.0707. The maximum absolute atomic E-state index is 12.8. The summed E-state index contributed by atoms with van der Waals surface area (Å²) in [7, 11) is 0. The molecule has 0 saturated heterocycles. The summed E-state index contributed by atoms with van der Waals surface area (Å²) in [6, 6.07) is 0. The topological polar surface area (TPSA) is 78.9 Å². The zero-order chi connectivity index (χ0) is 47.2. The third-order valence-corrected chi connectivity index (χ3v) is 13.0. The number of rotatable bonds is 53. The molecule has 0 fully saturated rings. The Balaban J connectivity index is 4.03. The van der Waals surface area contributed by atoms with Gasteiger partial charge in [0.1, 0.15) is 13.2 Å². The van der Waals surface area contributed by atoms with E-state index in [0.29, 0.717) is 19.3 Å².